The zero-order valence-electron chi connectivity index (χ0n) is 45.9. The van der Waals surface area contributed by atoms with Crippen LogP contribution in [0, 0.1) is 0 Å². The molecule has 402 valence electrons. The first-order valence-corrected chi connectivity index (χ1v) is 30.6. The van der Waals surface area contributed by atoms with Crippen molar-refractivity contribution in [3.63, 3.8) is 0 Å². The third-order valence-electron chi connectivity index (χ3n) is 14.2. The van der Waals surface area contributed by atoms with Crippen molar-refractivity contribution in [2.75, 3.05) is 13.2 Å². The van der Waals surface area contributed by atoms with Crippen LogP contribution in [0.25, 0.3) is 0 Å². The molecule has 6 heteroatoms. The van der Waals surface area contributed by atoms with Crippen LogP contribution in [0.15, 0.2) is 24.3 Å². The second-order valence-electron chi connectivity index (χ2n) is 21.0. The Morgan fingerprint density at radius 2 is 0.691 bits per heavy atom. The smallest absolute Gasteiger partial charge is 0.305 e. The minimum atomic E-state index is -0.668. The van der Waals surface area contributed by atoms with Crippen LogP contribution in [0.1, 0.15) is 335 Å². The van der Waals surface area contributed by atoms with Gasteiger partial charge in [-0.05, 0) is 77.0 Å². The van der Waals surface area contributed by atoms with Crippen LogP contribution in [0.3, 0.4) is 0 Å². The summed E-state index contributed by atoms with van der Waals surface area (Å²) in [6.45, 7) is 4.95. The number of amides is 1. The standard InChI is InChI=1S/C62H119NO5/c1-3-5-7-9-11-13-15-17-27-31-34-38-42-46-50-54-60(65)59(58-64)63-61(66)55-51-47-43-39-35-32-28-25-23-21-19-18-20-22-24-26-29-33-37-41-45-49-53-57-68-62(67)56-52-48-44-40-36-30-16-14-12-10-8-6-4-2/h14,16,21,23,59-60,64-65H,3-13,15,17-20,22,24-58H2,1-2H3,(H,63,66)/b16-14-,23-21-. The van der Waals surface area contributed by atoms with Crippen LogP contribution < -0.4 is 5.32 Å². The lowest BCUT2D eigenvalue weighted by molar-refractivity contribution is -0.143. The lowest BCUT2D eigenvalue weighted by atomic mass is 10.0. The normalized spacial score (nSPS) is 12.7. The molecule has 0 aromatic carbocycles. The number of unbranched alkanes of at least 4 members (excludes halogenated alkanes) is 42. The van der Waals surface area contributed by atoms with Gasteiger partial charge in [-0.2, -0.15) is 0 Å². The molecule has 0 radical (unpaired) electrons. The Bertz CT molecular complexity index is 1060. The highest BCUT2D eigenvalue weighted by atomic mass is 16.5. The molecule has 0 saturated heterocycles. The molecule has 2 unspecified atom stereocenters. The van der Waals surface area contributed by atoms with Crippen LogP contribution in [0.2, 0.25) is 0 Å². The van der Waals surface area contributed by atoms with Crippen molar-refractivity contribution in [2.45, 2.75) is 347 Å². The average molecular weight is 959 g/mol. The Labute approximate surface area is 424 Å². The van der Waals surface area contributed by atoms with Gasteiger partial charge in [0.1, 0.15) is 0 Å². The Kier molecular flexibility index (Phi) is 56.5. The largest absolute Gasteiger partial charge is 0.466 e. The van der Waals surface area contributed by atoms with Crippen molar-refractivity contribution >= 4 is 11.9 Å². The van der Waals surface area contributed by atoms with Crippen molar-refractivity contribution < 1.29 is 24.5 Å². The van der Waals surface area contributed by atoms with E-state index in [-0.39, 0.29) is 18.5 Å². The van der Waals surface area contributed by atoms with E-state index in [1.54, 1.807) is 0 Å². The molecule has 6 nitrogen and oxygen atoms in total. The molecule has 2 atom stereocenters. The molecule has 0 aromatic rings. The Balaban J connectivity index is 3.41. The highest BCUT2D eigenvalue weighted by Crippen LogP contribution is 2.17. The first-order valence-electron chi connectivity index (χ1n) is 30.6. The zero-order chi connectivity index (χ0) is 49.3. The van der Waals surface area contributed by atoms with Crippen LogP contribution >= 0.6 is 0 Å². The van der Waals surface area contributed by atoms with Crippen molar-refractivity contribution in [1.82, 2.24) is 5.32 Å². The van der Waals surface area contributed by atoms with Gasteiger partial charge in [-0.25, -0.2) is 0 Å². The predicted octanol–water partition coefficient (Wildman–Crippen LogP) is 19.0. The van der Waals surface area contributed by atoms with E-state index in [2.05, 4.69) is 43.5 Å². The first kappa shape index (κ1) is 66.3. The van der Waals surface area contributed by atoms with E-state index in [0.717, 1.165) is 44.9 Å². The molecular formula is C62H119NO5. The summed E-state index contributed by atoms with van der Waals surface area (Å²) in [6, 6.07) is -0.545. The summed E-state index contributed by atoms with van der Waals surface area (Å²) in [5, 5.41) is 23.3. The number of hydrogen-bond donors (Lipinski definition) is 3. The lowest BCUT2D eigenvalue weighted by Crippen LogP contribution is -2.45. The quantitative estimate of drug-likeness (QED) is 0.0321. The van der Waals surface area contributed by atoms with E-state index in [9.17, 15) is 19.8 Å². The number of nitrogens with one attached hydrogen (secondary N) is 1. The molecule has 0 heterocycles. The fraction of sp³-hybridized carbons (Fsp3) is 0.903. The molecule has 0 spiro atoms. The van der Waals surface area contributed by atoms with Crippen LogP contribution in [-0.4, -0.2) is 47.4 Å². The van der Waals surface area contributed by atoms with Crippen LogP contribution in [0.4, 0.5) is 0 Å². The third kappa shape index (κ3) is 53.7. The number of aliphatic hydroxyl groups is 2. The number of hydrogen-bond acceptors (Lipinski definition) is 5. The second kappa shape index (κ2) is 57.9. The third-order valence-corrected chi connectivity index (χ3v) is 14.2. The number of aliphatic hydroxyl groups excluding tert-OH is 2. The summed E-state index contributed by atoms with van der Waals surface area (Å²) >= 11 is 0. The van der Waals surface area contributed by atoms with E-state index >= 15 is 0 Å². The number of allylic oxidation sites excluding steroid dienone is 4. The minimum absolute atomic E-state index is 0.00249. The number of rotatable bonds is 57. The molecule has 0 aliphatic rings. The van der Waals surface area contributed by atoms with Gasteiger partial charge in [0, 0.05) is 12.8 Å². The van der Waals surface area contributed by atoms with Gasteiger partial charge in [-0.1, -0.05) is 269 Å². The summed E-state index contributed by atoms with van der Waals surface area (Å²) in [6.07, 6.45) is 70.4. The predicted molar refractivity (Wildman–Crippen MR) is 296 cm³/mol. The Morgan fingerprint density at radius 1 is 0.397 bits per heavy atom. The highest BCUT2D eigenvalue weighted by molar-refractivity contribution is 5.76. The fourth-order valence-corrected chi connectivity index (χ4v) is 9.51. The molecule has 0 bridgehead atoms. The van der Waals surface area contributed by atoms with E-state index in [1.807, 2.05) is 0 Å². The average Bonchev–Trinajstić information content (AvgIpc) is 3.34. The summed E-state index contributed by atoms with van der Waals surface area (Å²) in [5.74, 6) is -0.0372. The first-order chi connectivity index (χ1) is 33.5. The summed E-state index contributed by atoms with van der Waals surface area (Å²) in [5.41, 5.74) is 0. The Hall–Kier alpha value is -1.66. The lowest BCUT2D eigenvalue weighted by Gasteiger charge is -2.22. The van der Waals surface area contributed by atoms with Crippen molar-refractivity contribution in [1.29, 1.82) is 0 Å². The van der Waals surface area contributed by atoms with Gasteiger partial charge in [0.2, 0.25) is 5.91 Å². The molecule has 0 aromatic heterocycles. The van der Waals surface area contributed by atoms with Crippen molar-refractivity contribution in [3.05, 3.63) is 24.3 Å². The molecule has 68 heavy (non-hydrogen) atoms. The fourth-order valence-electron chi connectivity index (χ4n) is 9.51. The van der Waals surface area contributed by atoms with E-state index in [1.165, 1.54) is 257 Å². The van der Waals surface area contributed by atoms with Crippen molar-refractivity contribution in [2.24, 2.45) is 0 Å². The number of carbonyl (C=O) groups excluding carboxylic acids is 2. The molecule has 0 fully saturated rings. The summed E-state index contributed by atoms with van der Waals surface area (Å²) < 4.78 is 5.47. The van der Waals surface area contributed by atoms with Gasteiger partial charge in [0.15, 0.2) is 0 Å². The summed E-state index contributed by atoms with van der Waals surface area (Å²) in [4.78, 5) is 24.5. The molecule has 0 saturated carbocycles. The Morgan fingerprint density at radius 3 is 1.06 bits per heavy atom. The molecule has 1 amide bonds. The van der Waals surface area contributed by atoms with Gasteiger partial charge in [0.25, 0.3) is 0 Å². The van der Waals surface area contributed by atoms with Crippen LogP contribution in [-0.2, 0) is 14.3 Å². The number of ether oxygens (including phenoxy) is 1. The number of esters is 1. The SMILES string of the molecule is CCCCCC/C=C\CCCCCCCC(=O)OCCCCCCCCCCCCCC/C=C\CCCCCCCCCC(=O)NC(CO)C(O)CCCCCCCCCCCCCCCCC. The highest BCUT2D eigenvalue weighted by Gasteiger charge is 2.20. The van der Waals surface area contributed by atoms with Gasteiger partial charge in [0.05, 0.1) is 25.4 Å². The van der Waals surface area contributed by atoms with Gasteiger partial charge in [-0.3, -0.25) is 9.59 Å². The second-order valence-corrected chi connectivity index (χ2v) is 21.0. The molecular weight excluding hydrogens is 839 g/mol. The molecule has 0 aliphatic carbocycles. The summed E-state index contributed by atoms with van der Waals surface area (Å²) in [7, 11) is 0. The molecule has 0 aliphatic heterocycles. The van der Waals surface area contributed by atoms with Gasteiger partial charge >= 0.3 is 5.97 Å². The van der Waals surface area contributed by atoms with E-state index in [0.29, 0.717) is 25.9 Å². The maximum absolute atomic E-state index is 12.5. The molecule has 0 rings (SSSR count). The minimum Gasteiger partial charge on any atom is -0.466 e. The maximum atomic E-state index is 12.5. The van der Waals surface area contributed by atoms with Crippen LogP contribution in [0.5, 0.6) is 0 Å². The van der Waals surface area contributed by atoms with Gasteiger partial charge in [-0.15, -0.1) is 0 Å². The molecule has 3 N–H and O–H groups in total. The number of carbonyl (C=O) groups is 2. The monoisotopic (exact) mass is 958 g/mol. The van der Waals surface area contributed by atoms with E-state index in [4.69, 9.17) is 4.74 Å². The zero-order valence-corrected chi connectivity index (χ0v) is 45.9. The topological polar surface area (TPSA) is 95.9 Å². The van der Waals surface area contributed by atoms with Crippen molar-refractivity contribution in [3.8, 4) is 0 Å². The van der Waals surface area contributed by atoms with Gasteiger partial charge < -0.3 is 20.3 Å². The van der Waals surface area contributed by atoms with E-state index < -0.39 is 12.1 Å². The maximum Gasteiger partial charge on any atom is 0.305 e.